The Morgan fingerprint density at radius 2 is 0.826 bits per heavy atom. The summed E-state index contributed by atoms with van der Waals surface area (Å²) in [6, 6.07) is 47.6. The molecule has 69 heavy (non-hydrogen) atoms. The van der Waals surface area contributed by atoms with Gasteiger partial charge in [0.25, 0.3) is 0 Å². The number of phenols is 2. The summed E-state index contributed by atoms with van der Waals surface area (Å²) >= 11 is 0. The van der Waals surface area contributed by atoms with E-state index >= 15 is 0 Å². The van der Waals surface area contributed by atoms with Crippen LogP contribution >= 0.6 is 0 Å². The van der Waals surface area contributed by atoms with Crippen molar-refractivity contribution in [3.63, 3.8) is 0 Å². The van der Waals surface area contributed by atoms with Crippen molar-refractivity contribution in [2.24, 2.45) is 0 Å². The molecule has 0 aliphatic heterocycles. The van der Waals surface area contributed by atoms with E-state index in [1.54, 1.807) is 84.2 Å². The van der Waals surface area contributed by atoms with E-state index in [-0.39, 0.29) is 21.3 Å². The Morgan fingerprint density at radius 1 is 0.449 bits per heavy atom. The number of hydrogen-bond donors (Lipinski definition) is 2. The average Bonchev–Trinajstić information content (AvgIpc) is 4.00. The van der Waals surface area contributed by atoms with Crippen molar-refractivity contribution in [2.75, 3.05) is 26.7 Å². The highest BCUT2D eigenvalue weighted by Gasteiger charge is 2.20. The van der Waals surface area contributed by atoms with Crippen molar-refractivity contribution in [1.82, 2.24) is 19.6 Å². The van der Waals surface area contributed by atoms with Crippen LogP contribution in [-0.2, 0) is 26.1 Å². The molecule has 0 aliphatic carbocycles. The summed E-state index contributed by atoms with van der Waals surface area (Å²) in [6.45, 7) is 0. The van der Waals surface area contributed by atoms with Gasteiger partial charge >= 0.3 is 0 Å². The molecule has 2 N–H and O–H groups in total. The minimum absolute atomic E-state index is 0.0734. The molecule has 0 saturated heterocycles. The van der Waals surface area contributed by atoms with E-state index in [2.05, 4.69) is 0 Å². The molecule has 2 heterocycles. The van der Waals surface area contributed by atoms with E-state index in [4.69, 9.17) is 19.7 Å². The molecule has 8 aromatic carbocycles. The summed E-state index contributed by atoms with van der Waals surface area (Å²) in [5.41, 5.74) is 10.7. The largest absolute Gasteiger partial charge is 0.507 e. The lowest BCUT2D eigenvalue weighted by Gasteiger charge is -2.14. The van der Waals surface area contributed by atoms with Crippen LogP contribution < -0.4 is 9.47 Å². The van der Waals surface area contributed by atoms with Crippen LogP contribution in [0.15, 0.2) is 180 Å². The molecule has 12 nitrogen and oxygen atoms in total. The SMILES string of the molecule is COc1ccc(-c2cc(-c3cc(Cc4ccc(O)c(-c5cc(-c6ccc(OC)cc6)cc6nn(-c7ccc(S(C)(=O)=O)cc7)cc56)c4)ccc3O)c3cn(-c4ccc(S(C)(=O)=O)cc4)nc3c2)cc1. The van der Waals surface area contributed by atoms with Crippen LogP contribution in [0.25, 0.3) is 77.7 Å². The molecule has 0 amide bonds. The van der Waals surface area contributed by atoms with Crippen LogP contribution in [0.5, 0.6) is 23.0 Å². The normalized spacial score (nSPS) is 11.9. The molecule has 0 atom stereocenters. The molecule has 10 rings (SSSR count). The molecule has 0 radical (unpaired) electrons. The lowest BCUT2D eigenvalue weighted by Crippen LogP contribution is -1.99. The third-order valence-electron chi connectivity index (χ3n) is 12.3. The van der Waals surface area contributed by atoms with Gasteiger partial charge in [0.1, 0.15) is 23.0 Å². The van der Waals surface area contributed by atoms with Gasteiger partial charge in [0, 0.05) is 46.8 Å². The first-order valence-corrected chi connectivity index (χ1v) is 25.5. The number of sulfone groups is 2. The number of aromatic nitrogens is 4. The monoisotopic (exact) mass is 952 g/mol. The third kappa shape index (κ3) is 8.90. The third-order valence-corrected chi connectivity index (χ3v) is 14.5. The number of benzene rings is 8. The van der Waals surface area contributed by atoms with E-state index in [0.29, 0.717) is 51.5 Å². The van der Waals surface area contributed by atoms with Crippen molar-refractivity contribution < 1.29 is 36.5 Å². The first-order valence-electron chi connectivity index (χ1n) is 21.7. The van der Waals surface area contributed by atoms with Gasteiger partial charge in [-0.25, -0.2) is 26.2 Å². The second kappa shape index (κ2) is 17.5. The van der Waals surface area contributed by atoms with E-state index in [0.717, 1.165) is 55.3 Å². The van der Waals surface area contributed by atoms with Crippen LogP contribution in [0, 0.1) is 0 Å². The van der Waals surface area contributed by atoms with Crippen molar-refractivity contribution in [2.45, 2.75) is 16.2 Å². The van der Waals surface area contributed by atoms with E-state index in [1.165, 1.54) is 12.5 Å². The predicted molar refractivity (Wildman–Crippen MR) is 269 cm³/mol. The highest BCUT2D eigenvalue weighted by Crippen LogP contribution is 2.42. The molecular weight excluding hydrogens is 909 g/mol. The Bertz CT molecular complexity index is 3580. The maximum atomic E-state index is 12.2. The van der Waals surface area contributed by atoms with Gasteiger partial charge in [-0.2, -0.15) is 10.2 Å². The number of rotatable bonds is 12. The first kappa shape index (κ1) is 44.6. The maximum Gasteiger partial charge on any atom is 0.175 e. The Morgan fingerprint density at radius 3 is 1.17 bits per heavy atom. The molecule has 0 aliphatic rings. The summed E-state index contributed by atoms with van der Waals surface area (Å²) in [4.78, 5) is 0.408. The van der Waals surface area contributed by atoms with E-state index in [1.807, 2.05) is 109 Å². The number of phenolic OH excluding ortho intramolecular Hbond substituents is 2. The molecule has 10 aromatic rings. The lowest BCUT2D eigenvalue weighted by molar-refractivity contribution is 0.415. The fourth-order valence-corrected chi connectivity index (χ4v) is 9.86. The van der Waals surface area contributed by atoms with Gasteiger partial charge in [0.05, 0.1) is 46.4 Å². The van der Waals surface area contributed by atoms with Crippen molar-refractivity contribution in [3.05, 3.63) is 181 Å². The molecular formula is C55H44N4O8S2. The van der Waals surface area contributed by atoms with Crippen LogP contribution in [0.4, 0.5) is 0 Å². The van der Waals surface area contributed by atoms with Gasteiger partial charge in [-0.05, 0) is 172 Å². The van der Waals surface area contributed by atoms with Crippen LogP contribution in [0.3, 0.4) is 0 Å². The number of aromatic hydroxyl groups is 2. The molecule has 2 aromatic heterocycles. The highest BCUT2D eigenvalue weighted by molar-refractivity contribution is 7.91. The zero-order valence-electron chi connectivity index (χ0n) is 37.8. The quantitative estimate of drug-likeness (QED) is 0.120. The zero-order valence-corrected chi connectivity index (χ0v) is 39.5. The van der Waals surface area contributed by atoms with Gasteiger partial charge in [0.2, 0.25) is 0 Å². The summed E-state index contributed by atoms with van der Waals surface area (Å²) in [5, 5.41) is 34.6. The molecule has 0 bridgehead atoms. The van der Waals surface area contributed by atoms with Crippen LogP contribution in [-0.4, -0.2) is 73.3 Å². The van der Waals surface area contributed by atoms with Crippen LogP contribution in [0.2, 0.25) is 0 Å². The Balaban J connectivity index is 1.06. The number of ether oxygens (including phenoxy) is 2. The van der Waals surface area contributed by atoms with Crippen LogP contribution in [0.1, 0.15) is 11.1 Å². The first-order chi connectivity index (χ1) is 33.1. The average molecular weight is 953 g/mol. The minimum atomic E-state index is -3.40. The number of nitrogens with zero attached hydrogens (tertiary/aromatic N) is 4. The summed E-state index contributed by atoms with van der Waals surface area (Å²) < 4.78 is 63.1. The van der Waals surface area contributed by atoms with E-state index < -0.39 is 19.7 Å². The van der Waals surface area contributed by atoms with Gasteiger partial charge in [-0.15, -0.1) is 0 Å². The Hall–Kier alpha value is -8.20. The maximum absolute atomic E-state index is 12.2. The molecule has 0 saturated carbocycles. The second-order valence-corrected chi connectivity index (χ2v) is 21.0. The number of methoxy groups -OCH3 is 2. The summed E-state index contributed by atoms with van der Waals surface area (Å²) in [5.74, 6) is 1.58. The lowest BCUT2D eigenvalue weighted by atomic mass is 9.91. The van der Waals surface area contributed by atoms with Gasteiger partial charge in [-0.1, -0.05) is 36.4 Å². The Kier molecular flexibility index (Phi) is 11.3. The number of hydrogen-bond acceptors (Lipinski definition) is 10. The molecule has 0 fully saturated rings. The van der Waals surface area contributed by atoms with Crippen molar-refractivity contribution >= 4 is 41.5 Å². The molecule has 344 valence electrons. The smallest absolute Gasteiger partial charge is 0.175 e. The van der Waals surface area contributed by atoms with E-state index in [9.17, 15) is 27.0 Å². The summed E-state index contributed by atoms with van der Waals surface area (Å²) in [7, 11) is -3.56. The molecule has 14 heteroatoms. The summed E-state index contributed by atoms with van der Waals surface area (Å²) in [6.07, 6.45) is 6.54. The minimum Gasteiger partial charge on any atom is -0.507 e. The van der Waals surface area contributed by atoms with Crippen molar-refractivity contribution in [1.29, 1.82) is 0 Å². The molecule has 0 unspecified atom stereocenters. The number of fused-ring (bicyclic) bond motifs is 2. The topological polar surface area (TPSA) is 163 Å². The zero-order chi connectivity index (χ0) is 48.2. The molecule has 0 spiro atoms. The van der Waals surface area contributed by atoms with Crippen molar-refractivity contribution in [3.8, 4) is 78.9 Å². The Labute approximate surface area is 398 Å². The van der Waals surface area contributed by atoms with Gasteiger partial charge < -0.3 is 19.7 Å². The highest BCUT2D eigenvalue weighted by atomic mass is 32.2. The predicted octanol–water partition coefficient (Wildman–Crippen LogP) is 10.9. The second-order valence-electron chi connectivity index (χ2n) is 16.9. The van der Waals surface area contributed by atoms with Gasteiger partial charge in [-0.3, -0.25) is 0 Å². The fraction of sp³-hybridized carbons (Fsp3) is 0.0909. The fourth-order valence-electron chi connectivity index (χ4n) is 8.60. The van der Waals surface area contributed by atoms with Gasteiger partial charge in [0.15, 0.2) is 19.7 Å². The standard InChI is InChI=1S/C55H44N4O8S2/c1-66-42-15-7-36(8-16-42)38-28-46(50-32-58(56-52(50)30-38)40-11-19-44(20-12-40)68(3,62)63)48-26-34(5-23-54(48)60)25-35-6-24-55(61)49(27-35)47-29-39(37-9-17-43(67-2)18-10-37)31-53-51(47)33-59(57-53)41-13-21-45(22-14-41)69(4,64)65/h5-24,26-33,60-61H,25H2,1-4H3.